The van der Waals surface area contributed by atoms with Gasteiger partial charge in [0.15, 0.2) is 16.1 Å². The summed E-state index contributed by atoms with van der Waals surface area (Å²) in [6, 6.07) is 126. The Morgan fingerprint density at radius 1 is 0.247 bits per heavy atom. The molecule has 0 aliphatic carbocycles. The first-order valence-electron chi connectivity index (χ1n) is 29.2. The van der Waals surface area contributed by atoms with Crippen LogP contribution in [0.3, 0.4) is 0 Å². The molecule has 0 bridgehead atoms. The number of ether oxygens (including phenoxy) is 1. The molecule has 0 aliphatic rings. The van der Waals surface area contributed by atoms with Gasteiger partial charge in [0.1, 0.15) is 5.75 Å². The van der Waals surface area contributed by atoms with E-state index < -0.39 is 16.1 Å². The second kappa shape index (κ2) is 21.7. The lowest BCUT2D eigenvalue weighted by molar-refractivity contribution is 0.415. The molecule has 0 fully saturated rings. The molecule has 0 unspecified atom stereocenters. The highest BCUT2D eigenvalue weighted by atomic mass is 28.3. The van der Waals surface area contributed by atoms with Crippen LogP contribution >= 0.6 is 0 Å². The number of hydrogen-bond donors (Lipinski definition) is 0. The van der Waals surface area contributed by atoms with E-state index in [2.05, 4.69) is 354 Å². The van der Waals surface area contributed by atoms with Crippen molar-refractivity contribution in [1.29, 1.82) is 0 Å². The molecule has 0 aliphatic heterocycles. The maximum atomic E-state index is 5.81. The van der Waals surface area contributed by atoms with Crippen molar-refractivity contribution in [2.75, 3.05) is 12.0 Å². The number of rotatable bonds is 14. The Hall–Kier alpha value is -10.5. The van der Waals surface area contributed by atoms with Crippen molar-refractivity contribution in [3.63, 3.8) is 0 Å². The molecule has 4 nitrogen and oxygen atoms in total. The number of anilines is 3. The van der Waals surface area contributed by atoms with Crippen molar-refractivity contribution in [3.8, 4) is 17.1 Å². The van der Waals surface area contributed by atoms with Crippen LogP contribution in [-0.2, 0) is 0 Å². The topological polar surface area (TPSA) is 22.3 Å². The van der Waals surface area contributed by atoms with Crippen LogP contribution in [0.4, 0.5) is 17.1 Å². The summed E-state index contributed by atoms with van der Waals surface area (Å²) in [7, 11) is -4.07. The SMILES string of the molecule is COc1ccc(N(c2ccc3c(c2)c2cc([Si](c4ccccc4)(c4ccccc4)c4ccccc4)ccc2n3-c2ccccc2)c2ccc3c(c2)c2cc([Si](c4ccccc4)(c4ccccc4)c4ccccc4)ccc2n3-c2ccccc2)cc1. The summed E-state index contributed by atoms with van der Waals surface area (Å²) in [4.78, 5) is 2.43. The van der Waals surface area contributed by atoms with Crippen LogP contribution in [-0.4, -0.2) is 32.4 Å². The highest BCUT2D eigenvalue weighted by molar-refractivity contribution is 7.20. The Balaban J connectivity index is 0.996. The number of aromatic nitrogens is 2. The predicted octanol–water partition coefficient (Wildman–Crippen LogP) is 14.1. The molecule has 0 saturated heterocycles. The standard InChI is InChI=1S/C79H59N3OSi2/c1-83-63-46-42-60(43-47-63)80(61-44-50-76-72(54-61)74-56-70(48-52-78(74)81(76)58-26-10-2-11-27-58)84(64-30-14-4-15-31-64,65-32-16-5-17-33-65)66-34-18-6-19-35-66)62-45-51-77-73(55-62)75-57-71(49-53-79(75)82(77)59-28-12-3-13-29-59)85(67-36-20-7-21-37-67,68-38-22-8-23-39-68)69-40-24-9-25-41-69/h2-57H,1H3. The maximum absolute atomic E-state index is 5.81. The summed E-state index contributed by atoms with van der Waals surface area (Å²) in [6.45, 7) is 0. The summed E-state index contributed by atoms with van der Waals surface area (Å²) < 4.78 is 10.7. The first-order chi connectivity index (χ1) is 42.1. The van der Waals surface area contributed by atoms with Crippen LogP contribution in [0.25, 0.3) is 55.0 Å². The van der Waals surface area contributed by atoms with E-state index >= 15 is 0 Å². The van der Waals surface area contributed by atoms with Gasteiger partial charge < -0.3 is 18.8 Å². The molecule has 0 atom stereocenters. The minimum atomic E-state index is -2.90. The fourth-order valence-electron chi connectivity index (χ4n) is 13.8. The number of para-hydroxylation sites is 2. The van der Waals surface area contributed by atoms with Gasteiger partial charge in [0.05, 0.1) is 29.2 Å². The minimum absolute atomic E-state index is 0.803. The average molecular weight is 1120 g/mol. The molecule has 13 aromatic carbocycles. The lowest BCUT2D eigenvalue weighted by atomic mass is 10.1. The number of benzene rings is 13. The minimum Gasteiger partial charge on any atom is -0.497 e. The van der Waals surface area contributed by atoms with Crippen molar-refractivity contribution in [3.05, 3.63) is 340 Å². The second-order valence-electron chi connectivity index (χ2n) is 21.9. The van der Waals surface area contributed by atoms with Crippen LogP contribution in [0.5, 0.6) is 5.75 Å². The smallest absolute Gasteiger partial charge is 0.179 e. The normalized spacial score (nSPS) is 11.8. The monoisotopic (exact) mass is 1120 g/mol. The van der Waals surface area contributed by atoms with Crippen LogP contribution in [0.2, 0.25) is 0 Å². The Bertz CT molecular complexity index is 4350. The summed E-state index contributed by atoms with van der Waals surface area (Å²) in [5, 5.41) is 15.4. The lowest BCUT2D eigenvalue weighted by Gasteiger charge is -2.34. The molecule has 404 valence electrons. The fraction of sp³-hybridized carbons (Fsp3) is 0.0127. The van der Waals surface area contributed by atoms with E-state index in [1.54, 1.807) is 7.11 Å². The van der Waals surface area contributed by atoms with E-state index in [-0.39, 0.29) is 0 Å². The van der Waals surface area contributed by atoms with E-state index in [1.165, 1.54) is 63.0 Å². The van der Waals surface area contributed by atoms with E-state index in [4.69, 9.17) is 4.74 Å². The van der Waals surface area contributed by atoms with Gasteiger partial charge in [-0.05, 0) is 139 Å². The van der Waals surface area contributed by atoms with Crippen LogP contribution in [0.1, 0.15) is 0 Å². The van der Waals surface area contributed by atoms with Crippen LogP contribution in [0.15, 0.2) is 340 Å². The van der Waals surface area contributed by atoms with Gasteiger partial charge in [-0.15, -0.1) is 0 Å². The van der Waals surface area contributed by atoms with Gasteiger partial charge in [-0.1, -0.05) is 243 Å². The molecule has 0 radical (unpaired) electrons. The summed E-state index contributed by atoms with van der Waals surface area (Å²) in [6.07, 6.45) is 0. The van der Waals surface area contributed by atoms with E-state index in [0.29, 0.717) is 0 Å². The van der Waals surface area contributed by atoms with Gasteiger partial charge in [-0.3, -0.25) is 0 Å². The van der Waals surface area contributed by atoms with Gasteiger partial charge >= 0.3 is 0 Å². The third kappa shape index (κ3) is 8.56. The Morgan fingerprint density at radius 2 is 0.506 bits per heavy atom. The van der Waals surface area contributed by atoms with E-state index in [0.717, 1.165) is 56.3 Å². The molecule has 0 spiro atoms. The molecule has 6 heteroatoms. The second-order valence-corrected chi connectivity index (χ2v) is 29.6. The molecule has 0 N–H and O–H groups in total. The Labute approximate surface area is 498 Å². The van der Waals surface area contributed by atoms with E-state index in [1.807, 2.05) is 0 Å². The van der Waals surface area contributed by atoms with Gasteiger partial charge in [0.25, 0.3) is 0 Å². The number of methoxy groups -OCH3 is 1. The van der Waals surface area contributed by atoms with Crippen molar-refractivity contribution in [2.24, 2.45) is 0 Å². The Kier molecular flexibility index (Phi) is 13.1. The number of hydrogen-bond acceptors (Lipinski definition) is 2. The summed E-state index contributed by atoms with van der Waals surface area (Å²) in [5.74, 6) is 0.803. The van der Waals surface area contributed by atoms with Gasteiger partial charge in [0, 0.05) is 50.0 Å². The quantitative estimate of drug-likeness (QED) is 0.0800. The molecule has 2 heterocycles. The van der Waals surface area contributed by atoms with Gasteiger partial charge in [-0.25, -0.2) is 0 Å². The first kappa shape index (κ1) is 51.4. The zero-order valence-corrected chi connectivity index (χ0v) is 49.1. The van der Waals surface area contributed by atoms with E-state index in [9.17, 15) is 0 Å². The molecule has 15 rings (SSSR count). The first-order valence-corrected chi connectivity index (χ1v) is 33.2. The molecule has 0 amide bonds. The largest absolute Gasteiger partial charge is 0.497 e. The third-order valence-electron chi connectivity index (χ3n) is 17.5. The lowest BCUT2D eigenvalue weighted by Crippen LogP contribution is -2.74. The van der Waals surface area contributed by atoms with Crippen LogP contribution < -0.4 is 51.1 Å². The van der Waals surface area contributed by atoms with Crippen molar-refractivity contribution >= 4 is 118 Å². The van der Waals surface area contributed by atoms with Gasteiger partial charge in [-0.2, -0.15) is 0 Å². The van der Waals surface area contributed by atoms with Crippen molar-refractivity contribution < 1.29 is 4.74 Å². The zero-order chi connectivity index (χ0) is 56.7. The average Bonchev–Trinajstić information content (AvgIpc) is 3.07. The number of fused-ring (bicyclic) bond motifs is 6. The predicted molar refractivity (Wildman–Crippen MR) is 364 cm³/mol. The number of nitrogens with zero attached hydrogens (tertiary/aromatic N) is 3. The highest BCUT2D eigenvalue weighted by Crippen LogP contribution is 2.43. The van der Waals surface area contributed by atoms with Crippen LogP contribution in [0, 0.1) is 0 Å². The van der Waals surface area contributed by atoms with Crippen molar-refractivity contribution in [2.45, 2.75) is 0 Å². The molecule has 85 heavy (non-hydrogen) atoms. The third-order valence-corrected chi connectivity index (χ3v) is 27.0. The maximum Gasteiger partial charge on any atom is 0.179 e. The van der Waals surface area contributed by atoms with Crippen molar-refractivity contribution in [1.82, 2.24) is 9.13 Å². The summed E-state index contributed by atoms with van der Waals surface area (Å²) in [5.41, 5.74) is 9.93. The zero-order valence-electron chi connectivity index (χ0n) is 47.1. The van der Waals surface area contributed by atoms with Gasteiger partial charge in [0.2, 0.25) is 0 Å². The molecular formula is C79H59N3OSi2. The Morgan fingerprint density at radius 3 is 0.800 bits per heavy atom. The molecule has 0 saturated carbocycles. The molecular weight excluding hydrogens is 1060 g/mol. The highest BCUT2D eigenvalue weighted by Gasteiger charge is 2.43. The molecule has 2 aromatic heterocycles. The fourth-order valence-corrected chi connectivity index (χ4v) is 23.3. The molecule has 15 aromatic rings. The summed E-state index contributed by atoms with van der Waals surface area (Å²) >= 11 is 0.